The molecule has 1 unspecified atom stereocenters. The summed E-state index contributed by atoms with van der Waals surface area (Å²) in [6, 6.07) is -0.733. The normalized spacial score (nSPS) is 31.9. The summed E-state index contributed by atoms with van der Waals surface area (Å²) < 4.78 is 22.8. The van der Waals surface area contributed by atoms with Gasteiger partial charge in [-0.2, -0.15) is 0 Å². The predicted molar refractivity (Wildman–Crippen MR) is 72.1 cm³/mol. The van der Waals surface area contributed by atoms with E-state index in [9.17, 15) is 18.0 Å². The van der Waals surface area contributed by atoms with Crippen molar-refractivity contribution in [2.75, 3.05) is 18.6 Å². The minimum Gasteiger partial charge on any atom is -0.481 e. The fourth-order valence-electron chi connectivity index (χ4n) is 2.86. The molecule has 1 saturated carbocycles. The molecule has 1 aliphatic carbocycles. The van der Waals surface area contributed by atoms with E-state index in [0.29, 0.717) is 25.7 Å². The molecule has 114 valence electrons. The van der Waals surface area contributed by atoms with Crippen LogP contribution >= 0.6 is 0 Å². The van der Waals surface area contributed by atoms with Crippen molar-refractivity contribution >= 4 is 21.8 Å². The first kappa shape index (κ1) is 15.1. The van der Waals surface area contributed by atoms with E-state index >= 15 is 0 Å². The number of nitrogens with zero attached hydrogens (tertiary/aromatic N) is 1. The van der Waals surface area contributed by atoms with Crippen LogP contribution in [-0.4, -0.2) is 61.1 Å². The Kier molecular flexibility index (Phi) is 4.22. The lowest BCUT2D eigenvalue weighted by atomic mass is 10.1. The number of carbonyl (C=O) groups is 2. The molecule has 3 atom stereocenters. The average Bonchev–Trinajstić information content (AvgIpc) is 2.94. The number of carbonyl (C=O) groups excluding carboxylic acids is 1. The van der Waals surface area contributed by atoms with Crippen molar-refractivity contribution < 1.29 is 23.1 Å². The molecule has 2 rings (SSSR count). The molecule has 0 aromatic heterocycles. The summed E-state index contributed by atoms with van der Waals surface area (Å²) in [7, 11) is -1.43. The van der Waals surface area contributed by atoms with E-state index in [0.717, 1.165) is 0 Å². The summed E-state index contributed by atoms with van der Waals surface area (Å²) >= 11 is 0. The lowest BCUT2D eigenvalue weighted by Crippen LogP contribution is -2.47. The van der Waals surface area contributed by atoms with Gasteiger partial charge in [0.15, 0.2) is 9.84 Å². The standard InChI is InChI=1S/C12H20N2O5S/c1-14(10-4-5-20(18,19)7-10)12(17)13-9-3-2-8(6-9)11(15)16/h8-10H,2-7H2,1H3,(H,13,17)(H,15,16)/t8-,9+,10?/m1/s1. The molecule has 2 N–H and O–H groups in total. The van der Waals surface area contributed by atoms with Crippen LogP contribution in [0.2, 0.25) is 0 Å². The van der Waals surface area contributed by atoms with Gasteiger partial charge in [0.05, 0.1) is 17.4 Å². The minimum absolute atomic E-state index is 0.0132. The van der Waals surface area contributed by atoms with Crippen molar-refractivity contribution in [2.45, 2.75) is 37.8 Å². The van der Waals surface area contributed by atoms with Crippen LogP contribution in [0.25, 0.3) is 0 Å². The maximum atomic E-state index is 12.0. The molecule has 1 heterocycles. The first-order valence-corrected chi connectivity index (χ1v) is 8.57. The van der Waals surface area contributed by atoms with Crippen molar-refractivity contribution in [2.24, 2.45) is 5.92 Å². The van der Waals surface area contributed by atoms with Gasteiger partial charge in [-0.05, 0) is 25.7 Å². The van der Waals surface area contributed by atoms with E-state index in [2.05, 4.69) is 5.32 Å². The summed E-state index contributed by atoms with van der Waals surface area (Å²) in [5.74, 6) is -1.08. The molecule has 0 aromatic carbocycles. The van der Waals surface area contributed by atoms with Crippen molar-refractivity contribution in [3.8, 4) is 0 Å². The van der Waals surface area contributed by atoms with Crippen LogP contribution in [0.4, 0.5) is 4.79 Å². The van der Waals surface area contributed by atoms with Crippen LogP contribution in [0.1, 0.15) is 25.7 Å². The van der Waals surface area contributed by atoms with E-state index in [-0.39, 0.29) is 29.6 Å². The van der Waals surface area contributed by atoms with Gasteiger partial charge in [-0.3, -0.25) is 4.79 Å². The molecular formula is C12H20N2O5S. The van der Waals surface area contributed by atoms with E-state index < -0.39 is 21.7 Å². The van der Waals surface area contributed by atoms with Crippen molar-refractivity contribution in [3.63, 3.8) is 0 Å². The smallest absolute Gasteiger partial charge is 0.317 e. The zero-order valence-corrected chi connectivity index (χ0v) is 12.2. The lowest BCUT2D eigenvalue weighted by Gasteiger charge is -2.25. The van der Waals surface area contributed by atoms with E-state index in [1.54, 1.807) is 7.05 Å². The number of amides is 2. The number of hydrogen-bond acceptors (Lipinski definition) is 4. The third-order valence-corrected chi connectivity index (χ3v) is 5.94. The van der Waals surface area contributed by atoms with Crippen LogP contribution in [0.5, 0.6) is 0 Å². The molecule has 8 heteroatoms. The largest absolute Gasteiger partial charge is 0.481 e. The summed E-state index contributed by atoms with van der Waals surface area (Å²) in [4.78, 5) is 24.3. The summed E-state index contributed by atoms with van der Waals surface area (Å²) in [5, 5.41) is 11.7. The molecule has 0 radical (unpaired) electrons. The van der Waals surface area contributed by atoms with Crippen LogP contribution in [0, 0.1) is 5.92 Å². The SMILES string of the molecule is CN(C(=O)N[C@H]1CC[C@@H](C(=O)O)C1)C1CCS(=O)(=O)C1. The third kappa shape index (κ3) is 3.41. The maximum Gasteiger partial charge on any atom is 0.317 e. The van der Waals surface area contributed by atoms with Gasteiger partial charge in [0.2, 0.25) is 0 Å². The highest BCUT2D eigenvalue weighted by Gasteiger charge is 2.35. The molecule has 0 spiro atoms. The first-order chi connectivity index (χ1) is 9.28. The Balaban J connectivity index is 1.85. The van der Waals surface area contributed by atoms with Crippen molar-refractivity contribution in [3.05, 3.63) is 0 Å². The number of aliphatic carboxylic acids is 1. The van der Waals surface area contributed by atoms with Crippen LogP contribution in [0.15, 0.2) is 0 Å². The zero-order valence-electron chi connectivity index (χ0n) is 11.4. The highest BCUT2D eigenvalue weighted by atomic mass is 32.2. The fourth-order valence-corrected chi connectivity index (χ4v) is 4.63. The molecule has 2 amide bonds. The Morgan fingerprint density at radius 2 is 1.95 bits per heavy atom. The maximum absolute atomic E-state index is 12.0. The van der Waals surface area contributed by atoms with Gasteiger partial charge >= 0.3 is 12.0 Å². The van der Waals surface area contributed by atoms with Gasteiger partial charge in [0, 0.05) is 19.1 Å². The summed E-state index contributed by atoms with van der Waals surface area (Å²) in [6.07, 6.45) is 2.13. The molecule has 20 heavy (non-hydrogen) atoms. The molecular weight excluding hydrogens is 284 g/mol. The molecule has 2 aliphatic rings. The molecule has 7 nitrogen and oxygen atoms in total. The fraction of sp³-hybridized carbons (Fsp3) is 0.833. The molecule has 1 aliphatic heterocycles. The number of rotatable bonds is 3. The van der Waals surface area contributed by atoms with Crippen LogP contribution < -0.4 is 5.32 Å². The second-order valence-corrected chi connectivity index (χ2v) is 7.89. The summed E-state index contributed by atoms with van der Waals surface area (Å²) in [6.45, 7) is 0. The lowest BCUT2D eigenvalue weighted by molar-refractivity contribution is -0.141. The van der Waals surface area contributed by atoms with E-state index in [1.165, 1.54) is 4.90 Å². The Hall–Kier alpha value is -1.31. The Labute approximate surface area is 118 Å². The molecule has 0 aromatic rings. The number of hydrogen-bond donors (Lipinski definition) is 2. The second-order valence-electron chi connectivity index (χ2n) is 5.66. The van der Waals surface area contributed by atoms with Crippen molar-refractivity contribution in [1.29, 1.82) is 0 Å². The molecule has 2 fully saturated rings. The monoisotopic (exact) mass is 304 g/mol. The van der Waals surface area contributed by atoms with Crippen molar-refractivity contribution in [1.82, 2.24) is 10.2 Å². The van der Waals surface area contributed by atoms with E-state index in [1.807, 2.05) is 0 Å². The minimum atomic E-state index is -3.02. The quantitative estimate of drug-likeness (QED) is 0.768. The zero-order chi connectivity index (χ0) is 14.9. The van der Waals surface area contributed by atoms with E-state index in [4.69, 9.17) is 5.11 Å². The predicted octanol–water partition coefficient (Wildman–Crippen LogP) is 0.0682. The number of carboxylic acid groups (broad SMARTS) is 1. The second kappa shape index (κ2) is 5.59. The average molecular weight is 304 g/mol. The number of sulfone groups is 1. The van der Waals surface area contributed by atoms with Gasteiger partial charge in [0.1, 0.15) is 0 Å². The van der Waals surface area contributed by atoms with Gasteiger partial charge in [-0.1, -0.05) is 0 Å². The van der Waals surface area contributed by atoms with Gasteiger partial charge < -0.3 is 15.3 Å². The Bertz CT molecular complexity index is 504. The molecule has 1 saturated heterocycles. The number of nitrogens with one attached hydrogen (secondary N) is 1. The Morgan fingerprint density at radius 1 is 1.25 bits per heavy atom. The number of carboxylic acids is 1. The first-order valence-electron chi connectivity index (χ1n) is 6.75. The van der Waals surface area contributed by atoms with Crippen LogP contribution in [-0.2, 0) is 14.6 Å². The highest BCUT2D eigenvalue weighted by Crippen LogP contribution is 2.26. The highest BCUT2D eigenvalue weighted by molar-refractivity contribution is 7.91. The van der Waals surface area contributed by atoms with Gasteiger partial charge in [-0.15, -0.1) is 0 Å². The Morgan fingerprint density at radius 3 is 2.45 bits per heavy atom. The van der Waals surface area contributed by atoms with Gasteiger partial charge in [-0.25, -0.2) is 13.2 Å². The topological polar surface area (TPSA) is 104 Å². The van der Waals surface area contributed by atoms with Crippen LogP contribution in [0.3, 0.4) is 0 Å². The summed E-state index contributed by atoms with van der Waals surface area (Å²) in [5.41, 5.74) is 0. The molecule has 0 bridgehead atoms. The third-order valence-electron chi connectivity index (χ3n) is 4.19. The number of urea groups is 1. The van der Waals surface area contributed by atoms with Gasteiger partial charge in [0.25, 0.3) is 0 Å².